The van der Waals surface area contributed by atoms with E-state index in [1.54, 1.807) is 24.3 Å². The van der Waals surface area contributed by atoms with Crippen LogP contribution in [0.25, 0.3) is 0 Å². The van der Waals surface area contributed by atoms with Gasteiger partial charge >= 0.3 is 6.03 Å². The largest absolute Gasteiger partial charge is 0.337 e. The molecule has 0 aromatic heterocycles. The van der Waals surface area contributed by atoms with Crippen molar-refractivity contribution in [2.24, 2.45) is 0 Å². The molecule has 6 nitrogen and oxygen atoms in total. The second-order valence-corrected chi connectivity index (χ2v) is 5.90. The molecule has 0 fully saturated rings. The Balaban J connectivity index is 2.39. The number of anilines is 1. The van der Waals surface area contributed by atoms with Crippen molar-refractivity contribution in [1.82, 2.24) is 10.0 Å². The summed E-state index contributed by atoms with van der Waals surface area (Å²) in [5.41, 5.74) is 0.538. The van der Waals surface area contributed by atoms with Crippen LogP contribution in [0.15, 0.2) is 24.3 Å². The minimum Gasteiger partial charge on any atom is -0.337 e. The summed E-state index contributed by atoms with van der Waals surface area (Å²) in [6, 6.07) is 6.16. The summed E-state index contributed by atoms with van der Waals surface area (Å²) in [6.45, 7) is 0.0234. The van der Waals surface area contributed by atoms with Crippen molar-refractivity contribution in [3.8, 4) is 0 Å². The lowest BCUT2D eigenvalue weighted by molar-refractivity contribution is 0.252. The Hall–Kier alpha value is -1.31. The first-order chi connectivity index (χ1) is 8.43. The van der Waals surface area contributed by atoms with E-state index in [1.807, 2.05) is 0 Å². The smallest absolute Gasteiger partial charge is 0.319 e. The maximum Gasteiger partial charge on any atom is 0.319 e. The van der Waals surface area contributed by atoms with Gasteiger partial charge in [0.05, 0.1) is 5.75 Å². The van der Waals surface area contributed by atoms with Crippen molar-refractivity contribution in [2.45, 2.75) is 0 Å². The van der Waals surface area contributed by atoms with Crippen LogP contribution in [0, 0.1) is 0 Å². The highest BCUT2D eigenvalue weighted by Gasteiger charge is 2.07. The SMILES string of the molecule is CNS(=O)(=O)CCNC(=O)Nc1cccc(Cl)c1. The number of sulfonamides is 1. The Morgan fingerprint density at radius 1 is 1.39 bits per heavy atom. The average Bonchev–Trinajstić information content (AvgIpc) is 2.28. The third-order valence-electron chi connectivity index (χ3n) is 2.05. The van der Waals surface area contributed by atoms with Crippen LogP contribution in [-0.4, -0.2) is 33.8 Å². The van der Waals surface area contributed by atoms with Gasteiger partial charge in [-0.3, -0.25) is 0 Å². The average molecular weight is 292 g/mol. The van der Waals surface area contributed by atoms with Crippen molar-refractivity contribution in [2.75, 3.05) is 24.7 Å². The highest BCUT2D eigenvalue weighted by Crippen LogP contribution is 2.14. The molecule has 3 N–H and O–H groups in total. The molecule has 0 spiro atoms. The number of hydrogen-bond acceptors (Lipinski definition) is 3. The van der Waals surface area contributed by atoms with Crippen LogP contribution in [0.5, 0.6) is 0 Å². The fraction of sp³-hybridized carbons (Fsp3) is 0.300. The van der Waals surface area contributed by atoms with Gasteiger partial charge in [-0.15, -0.1) is 0 Å². The highest BCUT2D eigenvalue weighted by atomic mass is 35.5. The minimum atomic E-state index is -3.31. The molecular weight excluding hydrogens is 278 g/mol. The summed E-state index contributed by atoms with van der Waals surface area (Å²) in [5.74, 6) is -0.174. The Morgan fingerprint density at radius 3 is 2.72 bits per heavy atom. The molecule has 0 atom stereocenters. The quantitative estimate of drug-likeness (QED) is 0.756. The van der Waals surface area contributed by atoms with Gasteiger partial charge in [-0.2, -0.15) is 0 Å². The van der Waals surface area contributed by atoms with E-state index in [0.29, 0.717) is 10.7 Å². The lowest BCUT2D eigenvalue weighted by Crippen LogP contribution is -2.35. The number of urea groups is 1. The van der Waals surface area contributed by atoms with Crippen molar-refractivity contribution < 1.29 is 13.2 Å². The van der Waals surface area contributed by atoms with Crippen LogP contribution < -0.4 is 15.4 Å². The fourth-order valence-corrected chi connectivity index (χ4v) is 1.91. The van der Waals surface area contributed by atoms with Gasteiger partial charge in [0.1, 0.15) is 0 Å². The maximum atomic E-state index is 11.4. The molecule has 0 radical (unpaired) electrons. The first-order valence-electron chi connectivity index (χ1n) is 5.14. The van der Waals surface area contributed by atoms with Crippen molar-refractivity contribution in [3.63, 3.8) is 0 Å². The van der Waals surface area contributed by atoms with Gasteiger partial charge in [-0.05, 0) is 25.2 Å². The number of carbonyl (C=O) groups excluding carboxylic acids is 1. The van der Waals surface area contributed by atoms with Crippen molar-refractivity contribution in [3.05, 3.63) is 29.3 Å². The van der Waals surface area contributed by atoms with E-state index >= 15 is 0 Å². The molecule has 0 saturated heterocycles. The molecule has 2 amide bonds. The lowest BCUT2D eigenvalue weighted by Gasteiger charge is -2.07. The number of nitrogens with one attached hydrogen (secondary N) is 3. The van der Waals surface area contributed by atoms with Crippen molar-refractivity contribution in [1.29, 1.82) is 0 Å². The predicted octanol–water partition coefficient (Wildman–Crippen LogP) is 1.01. The molecule has 100 valence electrons. The number of halogens is 1. The van der Waals surface area contributed by atoms with E-state index in [0.717, 1.165) is 0 Å². The maximum absolute atomic E-state index is 11.4. The van der Waals surface area contributed by atoms with Crippen LogP contribution in [0.4, 0.5) is 10.5 Å². The molecule has 0 heterocycles. The molecule has 8 heteroatoms. The monoisotopic (exact) mass is 291 g/mol. The lowest BCUT2D eigenvalue weighted by atomic mass is 10.3. The van der Waals surface area contributed by atoms with Gasteiger partial charge in [0, 0.05) is 17.3 Å². The number of amides is 2. The topological polar surface area (TPSA) is 87.3 Å². The third kappa shape index (κ3) is 5.35. The normalized spacial score (nSPS) is 11.0. The standard InChI is InChI=1S/C10H14ClN3O3S/c1-12-18(16,17)6-5-13-10(15)14-9-4-2-3-8(11)7-9/h2-4,7,12H,5-6H2,1H3,(H2,13,14,15). The zero-order valence-corrected chi connectivity index (χ0v) is 11.3. The van der Waals surface area contributed by atoms with E-state index in [-0.39, 0.29) is 12.3 Å². The van der Waals surface area contributed by atoms with E-state index in [2.05, 4.69) is 15.4 Å². The van der Waals surface area contributed by atoms with Crippen molar-refractivity contribution >= 4 is 33.3 Å². The number of hydrogen-bond donors (Lipinski definition) is 3. The molecule has 0 unspecified atom stereocenters. The summed E-state index contributed by atoms with van der Waals surface area (Å²) >= 11 is 5.75. The fourth-order valence-electron chi connectivity index (χ4n) is 1.14. The predicted molar refractivity (Wildman–Crippen MR) is 71.3 cm³/mol. The van der Waals surface area contributed by atoms with Crippen LogP contribution in [-0.2, 0) is 10.0 Å². The summed E-state index contributed by atoms with van der Waals surface area (Å²) in [7, 11) is -1.99. The molecule has 0 bridgehead atoms. The molecule has 18 heavy (non-hydrogen) atoms. The first kappa shape index (κ1) is 14.7. The molecule has 0 aliphatic heterocycles. The molecule has 1 aromatic carbocycles. The highest BCUT2D eigenvalue weighted by molar-refractivity contribution is 7.89. The zero-order valence-electron chi connectivity index (χ0n) is 9.73. The van der Waals surface area contributed by atoms with E-state index in [1.165, 1.54) is 7.05 Å². The molecule has 0 aliphatic carbocycles. The van der Waals surface area contributed by atoms with Gasteiger partial charge in [-0.25, -0.2) is 17.9 Å². The van der Waals surface area contributed by atoms with Crippen LogP contribution in [0.3, 0.4) is 0 Å². The Labute approximate surface area is 111 Å². The number of carbonyl (C=O) groups is 1. The van der Waals surface area contributed by atoms with Crippen LogP contribution in [0.1, 0.15) is 0 Å². The molecule has 1 rings (SSSR count). The third-order valence-corrected chi connectivity index (χ3v) is 3.65. The van der Waals surface area contributed by atoms with Gasteiger partial charge in [0.2, 0.25) is 10.0 Å². The Bertz CT molecular complexity index is 519. The number of benzene rings is 1. The van der Waals surface area contributed by atoms with Gasteiger partial charge in [0.15, 0.2) is 0 Å². The first-order valence-corrected chi connectivity index (χ1v) is 7.17. The van der Waals surface area contributed by atoms with Crippen LogP contribution in [0.2, 0.25) is 5.02 Å². The molecule has 1 aromatic rings. The Kier molecular flexibility index (Phi) is 5.39. The minimum absolute atomic E-state index is 0.0234. The molecule has 0 aliphatic rings. The van der Waals surface area contributed by atoms with Crippen LogP contribution >= 0.6 is 11.6 Å². The van der Waals surface area contributed by atoms with E-state index in [4.69, 9.17) is 11.6 Å². The number of rotatable bonds is 5. The summed E-state index contributed by atoms with van der Waals surface area (Å²) in [6.07, 6.45) is 0. The van der Waals surface area contributed by atoms with E-state index < -0.39 is 16.1 Å². The van der Waals surface area contributed by atoms with E-state index in [9.17, 15) is 13.2 Å². The van der Waals surface area contributed by atoms with Gasteiger partial charge < -0.3 is 10.6 Å². The van der Waals surface area contributed by atoms with Gasteiger partial charge in [0.25, 0.3) is 0 Å². The second kappa shape index (κ2) is 6.58. The summed E-state index contributed by atoms with van der Waals surface area (Å²) < 4.78 is 24.3. The molecule has 0 saturated carbocycles. The second-order valence-electron chi connectivity index (χ2n) is 3.41. The van der Waals surface area contributed by atoms with Gasteiger partial charge in [-0.1, -0.05) is 17.7 Å². The molecular formula is C10H14ClN3O3S. The zero-order chi connectivity index (χ0) is 13.6. The Morgan fingerprint density at radius 2 is 2.11 bits per heavy atom. The summed E-state index contributed by atoms with van der Waals surface area (Å²) in [5, 5.41) is 5.47. The summed E-state index contributed by atoms with van der Waals surface area (Å²) in [4.78, 5) is 11.4.